The number of carbonyl (C=O) groups is 1. The minimum Gasteiger partial charge on any atom is -0.373 e. The average molecular weight is 487 g/mol. The Balaban J connectivity index is 1.37. The van der Waals surface area contributed by atoms with Crippen molar-refractivity contribution in [2.45, 2.75) is 32.5 Å². The van der Waals surface area contributed by atoms with E-state index in [-0.39, 0.29) is 17.0 Å². The number of anilines is 4. The van der Waals surface area contributed by atoms with E-state index in [1.165, 1.54) is 18.8 Å². The fraction of sp³-hybridized carbons (Fsp3) is 0.304. The van der Waals surface area contributed by atoms with Crippen LogP contribution < -0.4 is 15.5 Å². The maximum absolute atomic E-state index is 11.4. The Labute approximate surface area is 202 Å². The number of halogens is 2. The SMILES string of the molecule is CC(=O)Nc1c(Cl)ccc(Nc2ncnc(N3CCC(OCc4ccccc4)CC3)n2)c1Cl. The summed E-state index contributed by atoms with van der Waals surface area (Å²) in [6.45, 7) is 3.59. The summed E-state index contributed by atoms with van der Waals surface area (Å²) in [6, 6.07) is 13.5. The second-order valence-electron chi connectivity index (χ2n) is 7.68. The Morgan fingerprint density at radius 3 is 2.61 bits per heavy atom. The van der Waals surface area contributed by atoms with Gasteiger partial charge in [0.15, 0.2) is 0 Å². The summed E-state index contributed by atoms with van der Waals surface area (Å²) in [5.41, 5.74) is 2.04. The first kappa shape index (κ1) is 23.2. The molecule has 1 aliphatic heterocycles. The fourth-order valence-electron chi connectivity index (χ4n) is 3.57. The highest BCUT2D eigenvalue weighted by molar-refractivity contribution is 6.41. The molecule has 2 heterocycles. The van der Waals surface area contributed by atoms with Gasteiger partial charge in [-0.25, -0.2) is 9.97 Å². The number of amides is 1. The summed E-state index contributed by atoms with van der Waals surface area (Å²) < 4.78 is 6.07. The molecule has 0 unspecified atom stereocenters. The third-order valence-corrected chi connectivity index (χ3v) is 5.96. The van der Waals surface area contributed by atoms with Crippen LogP contribution in [-0.2, 0) is 16.1 Å². The van der Waals surface area contributed by atoms with Crippen LogP contribution in [0.25, 0.3) is 0 Å². The van der Waals surface area contributed by atoms with E-state index in [2.05, 4.69) is 42.6 Å². The average Bonchev–Trinajstić information content (AvgIpc) is 2.83. The molecule has 1 amide bonds. The molecule has 1 aromatic heterocycles. The van der Waals surface area contributed by atoms with Crippen molar-refractivity contribution in [1.29, 1.82) is 0 Å². The van der Waals surface area contributed by atoms with Crippen LogP contribution in [0.5, 0.6) is 0 Å². The van der Waals surface area contributed by atoms with E-state index in [0.717, 1.165) is 25.9 Å². The summed E-state index contributed by atoms with van der Waals surface area (Å²) in [6.07, 6.45) is 3.46. The van der Waals surface area contributed by atoms with Crippen molar-refractivity contribution in [3.05, 3.63) is 64.4 Å². The lowest BCUT2D eigenvalue weighted by Crippen LogP contribution is -2.38. The number of rotatable bonds is 7. The highest BCUT2D eigenvalue weighted by Crippen LogP contribution is 2.37. The number of benzene rings is 2. The molecule has 0 spiro atoms. The summed E-state index contributed by atoms with van der Waals surface area (Å²) >= 11 is 12.6. The van der Waals surface area contributed by atoms with Gasteiger partial charge >= 0.3 is 0 Å². The standard InChI is InChI=1S/C23H24Cl2N6O2/c1-15(32)28-21-18(24)7-8-19(20(21)25)29-22-26-14-27-23(30-22)31-11-9-17(10-12-31)33-13-16-5-3-2-4-6-16/h2-8,14,17H,9-13H2,1H3,(H,28,32)(H,26,27,29,30). The summed E-state index contributed by atoms with van der Waals surface area (Å²) in [7, 11) is 0. The lowest BCUT2D eigenvalue weighted by molar-refractivity contribution is -0.114. The lowest BCUT2D eigenvalue weighted by atomic mass is 10.1. The predicted molar refractivity (Wildman–Crippen MR) is 130 cm³/mol. The van der Waals surface area contributed by atoms with E-state index < -0.39 is 0 Å². The largest absolute Gasteiger partial charge is 0.373 e. The second-order valence-corrected chi connectivity index (χ2v) is 8.47. The molecule has 8 nitrogen and oxygen atoms in total. The smallest absolute Gasteiger partial charge is 0.232 e. The van der Waals surface area contributed by atoms with Gasteiger partial charge < -0.3 is 20.3 Å². The number of aromatic nitrogens is 3. The highest BCUT2D eigenvalue weighted by atomic mass is 35.5. The van der Waals surface area contributed by atoms with Crippen molar-refractivity contribution < 1.29 is 9.53 Å². The quantitative estimate of drug-likeness (QED) is 0.481. The van der Waals surface area contributed by atoms with Crippen LogP contribution in [0.4, 0.5) is 23.3 Å². The van der Waals surface area contributed by atoms with Crippen molar-refractivity contribution in [3.63, 3.8) is 0 Å². The summed E-state index contributed by atoms with van der Waals surface area (Å²) in [4.78, 5) is 26.6. The normalized spacial score (nSPS) is 14.2. The molecule has 1 aliphatic rings. The topological polar surface area (TPSA) is 92.3 Å². The molecule has 172 valence electrons. The van der Waals surface area contributed by atoms with E-state index >= 15 is 0 Å². The molecule has 0 atom stereocenters. The molecule has 0 radical (unpaired) electrons. The number of ether oxygens (including phenoxy) is 1. The van der Waals surface area contributed by atoms with Crippen LogP contribution in [0.3, 0.4) is 0 Å². The van der Waals surface area contributed by atoms with Crippen LogP contribution in [-0.4, -0.2) is 40.1 Å². The van der Waals surface area contributed by atoms with Gasteiger partial charge in [0.2, 0.25) is 17.8 Å². The zero-order chi connectivity index (χ0) is 23.2. The first-order valence-electron chi connectivity index (χ1n) is 10.6. The van der Waals surface area contributed by atoms with Gasteiger partial charge in [-0.2, -0.15) is 4.98 Å². The predicted octanol–water partition coefficient (Wildman–Crippen LogP) is 5.07. The van der Waals surface area contributed by atoms with E-state index in [9.17, 15) is 4.79 Å². The third-order valence-electron chi connectivity index (χ3n) is 5.25. The Morgan fingerprint density at radius 1 is 1.12 bits per heavy atom. The molecule has 0 saturated carbocycles. The van der Waals surface area contributed by atoms with Gasteiger partial charge in [0.05, 0.1) is 34.1 Å². The molecule has 4 rings (SSSR count). The summed E-state index contributed by atoms with van der Waals surface area (Å²) in [5, 5.41) is 6.34. The maximum atomic E-state index is 11.4. The van der Waals surface area contributed by atoms with Gasteiger partial charge in [-0.15, -0.1) is 0 Å². The molecule has 1 fully saturated rings. The van der Waals surface area contributed by atoms with Crippen LogP contribution in [0, 0.1) is 0 Å². The van der Waals surface area contributed by atoms with Crippen molar-refractivity contribution in [2.75, 3.05) is 28.6 Å². The van der Waals surface area contributed by atoms with Gasteiger partial charge in [0.1, 0.15) is 6.33 Å². The molecule has 2 aromatic carbocycles. The van der Waals surface area contributed by atoms with Crippen molar-refractivity contribution in [3.8, 4) is 0 Å². The lowest BCUT2D eigenvalue weighted by Gasteiger charge is -2.32. The van der Waals surface area contributed by atoms with E-state index in [1.807, 2.05) is 18.2 Å². The number of nitrogens with zero attached hydrogens (tertiary/aromatic N) is 4. The van der Waals surface area contributed by atoms with Gasteiger partial charge in [-0.3, -0.25) is 4.79 Å². The molecule has 3 aromatic rings. The number of hydrogen-bond donors (Lipinski definition) is 2. The van der Waals surface area contributed by atoms with Crippen LogP contribution in [0.2, 0.25) is 10.0 Å². The van der Waals surface area contributed by atoms with Crippen LogP contribution in [0.1, 0.15) is 25.3 Å². The Bertz CT molecular complexity index is 1110. The molecule has 33 heavy (non-hydrogen) atoms. The number of nitrogens with one attached hydrogen (secondary N) is 2. The molecular weight excluding hydrogens is 463 g/mol. The second kappa shape index (κ2) is 10.8. The minimum absolute atomic E-state index is 0.209. The first-order valence-corrected chi connectivity index (χ1v) is 11.4. The fourth-order valence-corrected chi connectivity index (χ4v) is 4.08. The van der Waals surface area contributed by atoms with Gasteiger partial charge in [-0.05, 0) is 30.5 Å². The number of carbonyl (C=O) groups excluding carboxylic acids is 1. The summed E-state index contributed by atoms with van der Waals surface area (Å²) in [5.74, 6) is 0.663. The maximum Gasteiger partial charge on any atom is 0.232 e. The Hall–Kier alpha value is -2.94. The number of hydrogen-bond acceptors (Lipinski definition) is 7. The van der Waals surface area contributed by atoms with Crippen LogP contribution in [0.15, 0.2) is 48.8 Å². The Morgan fingerprint density at radius 2 is 1.88 bits per heavy atom. The first-order chi connectivity index (χ1) is 16.0. The molecule has 1 saturated heterocycles. The third kappa shape index (κ3) is 6.10. The monoisotopic (exact) mass is 486 g/mol. The van der Waals surface area contributed by atoms with Gasteiger partial charge in [0.25, 0.3) is 0 Å². The van der Waals surface area contributed by atoms with Crippen LogP contribution >= 0.6 is 23.2 Å². The molecular formula is C23H24Cl2N6O2. The van der Waals surface area contributed by atoms with Crippen molar-refractivity contribution in [2.24, 2.45) is 0 Å². The number of piperidine rings is 1. The van der Waals surface area contributed by atoms with Gasteiger partial charge in [0, 0.05) is 20.0 Å². The van der Waals surface area contributed by atoms with Crippen molar-refractivity contribution in [1.82, 2.24) is 15.0 Å². The molecule has 10 heteroatoms. The molecule has 0 aliphatic carbocycles. The minimum atomic E-state index is -0.269. The zero-order valence-corrected chi connectivity index (χ0v) is 19.6. The highest BCUT2D eigenvalue weighted by Gasteiger charge is 2.22. The van der Waals surface area contributed by atoms with E-state index in [4.69, 9.17) is 27.9 Å². The molecule has 2 N–H and O–H groups in total. The zero-order valence-electron chi connectivity index (χ0n) is 18.1. The van der Waals surface area contributed by atoms with E-state index in [1.54, 1.807) is 12.1 Å². The molecule has 0 bridgehead atoms. The van der Waals surface area contributed by atoms with Gasteiger partial charge in [-0.1, -0.05) is 53.5 Å². The Kier molecular flexibility index (Phi) is 7.59. The van der Waals surface area contributed by atoms with E-state index in [0.29, 0.717) is 34.9 Å². The van der Waals surface area contributed by atoms with Crippen molar-refractivity contribution >= 4 is 52.4 Å².